The zero-order valence-corrected chi connectivity index (χ0v) is 17.2. The Hall–Kier alpha value is -2.63. The Labute approximate surface area is 176 Å². The molecule has 3 aromatic carbocycles. The molecule has 140 valence electrons. The van der Waals surface area contributed by atoms with Gasteiger partial charge in [0.05, 0.1) is 11.0 Å². The number of rotatable bonds is 5. The molecule has 0 atom stereocenters. The van der Waals surface area contributed by atoms with Gasteiger partial charge in [-0.3, -0.25) is 4.79 Å². The summed E-state index contributed by atoms with van der Waals surface area (Å²) in [5.74, 6) is 0.742. The highest BCUT2D eigenvalue weighted by molar-refractivity contribution is 9.10. The number of imidazole rings is 1. The van der Waals surface area contributed by atoms with E-state index in [0.717, 1.165) is 32.6 Å². The maximum absolute atomic E-state index is 12.7. The molecule has 0 saturated carbocycles. The number of hydrogen-bond acceptors (Lipinski definition) is 2. The van der Waals surface area contributed by atoms with Gasteiger partial charge in [0.15, 0.2) is 0 Å². The van der Waals surface area contributed by atoms with Crippen molar-refractivity contribution in [3.63, 3.8) is 0 Å². The predicted octanol–water partition coefficient (Wildman–Crippen LogP) is 5.68. The zero-order chi connectivity index (χ0) is 19.5. The normalized spacial score (nSPS) is 10.9. The molecule has 1 N–H and O–H groups in total. The number of hydrogen-bond donors (Lipinski definition) is 1. The van der Waals surface area contributed by atoms with Crippen molar-refractivity contribution < 1.29 is 4.79 Å². The van der Waals surface area contributed by atoms with Crippen molar-refractivity contribution in [3.8, 4) is 0 Å². The minimum Gasteiger partial charge on any atom is -0.324 e. The van der Waals surface area contributed by atoms with Crippen LogP contribution in [-0.2, 0) is 17.8 Å². The fourth-order valence-corrected chi connectivity index (χ4v) is 3.66. The molecule has 0 aliphatic heterocycles. The van der Waals surface area contributed by atoms with Crippen molar-refractivity contribution >= 4 is 50.2 Å². The molecule has 4 nitrogen and oxygen atoms in total. The number of carbonyl (C=O) groups is 1. The van der Waals surface area contributed by atoms with E-state index in [9.17, 15) is 4.79 Å². The first-order chi connectivity index (χ1) is 13.6. The van der Waals surface area contributed by atoms with E-state index in [0.29, 0.717) is 11.4 Å². The van der Waals surface area contributed by atoms with E-state index in [-0.39, 0.29) is 12.5 Å². The number of carbonyl (C=O) groups excluding carboxylic acids is 1. The second kappa shape index (κ2) is 8.17. The van der Waals surface area contributed by atoms with Crippen LogP contribution in [0.4, 0.5) is 5.69 Å². The summed E-state index contributed by atoms with van der Waals surface area (Å²) in [4.78, 5) is 17.4. The van der Waals surface area contributed by atoms with E-state index in [1.54, 1.807) is 0 Å². The van der Waals surface area contributed by atoms with Crippen molar-refractivity contribution in [1.82, 2.24) is 9.55 Å². The van der Waals surface area contributed by atoms with Gasteiger partial charge in [-0.1, -0.05) is 57.9 Å². The van der Waals surface area contributed by atoms with Gasteiger partial charge in [-0.25, -0.2) is 4.98 Å². The summed E-state index contributed by atoms with van der Waals surface area (Å²) in [5, 5.41) is 3.65. The Bertz CT molecular complexity index is 1140. The molecule has 6 heteroatoms. The molecular weight excluding hydrogens is 438 g/mol. The summed E-state index contributed by atoms with van der Waals surface area (Å²) in [6.07, 6.45) is 0.621. The number of para-hydroxylation sites is 2. The lowest BCUT2D eigenvalue weighted by Gasteiger charge is -2.11. The van der Waals surface area contributed by atoms with Crippen LogP contribution in [0, 0.1) is 0 Å². The van der Waals surface area contributed by atoms with Crippen LogP contribution in [0.25, 0.3) is 11.0 Å². The fourth-order valence-electron chi connectivity index (χ4n) is 3.13. The first-order valence-electron chi connectivity index (χ1n) is 8.82. The van der Waals surface area contributed by atoms with Gasteiger partial charge in [0.2, 0.25) is 5.91 Å². The minimum atomic E-state index is -0.0985. The predicted molar refractivity (Wildman–Crippen MR) is 117 cm³/mol. The molecule has 0 saturated heterocycles. The number of aromatic nitrogens is 2. The van der Waals surface area contributed by atoms with Crippen LogP contribution < -0.4 is 5.32 Å². The maximum Gasteiger partial charge on any atom is 0.244 e. The molecule has 0 unspecified atom stereocenters. The topological polar surface area (TPSA) is 46.9 Å². The molecule has 28 heavy (non-hydrogen) atoms. The molecule has 0 bridgehead atoms. The zero-order valence-electron chi connectivity index (χ0n) is 14.9. The number of fused-ring (bicyclic) bond motifs is 1. The van der Waals surface area contributed by atoms with Gasteiger partial charge < -0.3 is 9.88 Å². The van der Waals surface area contributed by atoms with E-state index in [1.165, 1.54) is 0 Å². The molecule has 1 heterocycles. The van der Waals surface area contributed by atoms with Gasteiger partial charge in [-0.05, 0) is 48.0 Å². The van der Waals surface area contributed by atoms with Crippen LogP contribution in [0.3, 0.4) is 0 Å². The number of amides is 1. The molecule has 4 aromatic rings. The van der Waals surface area contributed by atoms with Crippen LogP contribution in [0.2, 0.25) is 5.02 Å². The molecule has 0 radical (unpaired) electrons. The van der Waals surface area contributed by atoms with Crippen LogP contribution in [0.5, 0.6) is 0 Å². The summed E-state index contributed by atoms with van der Waals surface area (Å²) in [6.45, 7) is 0.190. The third kappa shape index (κ3) is 4.26. The Kier molecular flexibility index (Phi) is 5.46. The van der Waals surface area contributed by atoms with E-state index >= 15 is 0 Å². The SMILES string of the molecule is O=C(Cn1c(Cc2ccc(Cl)cc2)nc2ccccc21)Nc1cccc(Br)c1. The summed E-state index contributed by atoms with van der Waals surface area (Å²) in [5.41, 5.74) is 3.66. The van der Waals surface area contributed by atoms with Gasteiger partial charge in [-0.15, -0.1) is 0 Å². The number of anilines is 1. The number of nitrogens with one attached hydrogen (secondary N) is 1. The average molecular weight is 455 g/mol. The fraction of sp³-hybridized carbons (Fsp3) is 0.0909. The molecule has 1 aromatic heterocycles. The maximum atomic E-state index is 12.7. The second-order valence-electron chi connectivity index (χ2n) is 6.46. The van der Waals surface area contributed by atoms with Gasteiger partial charge >= 0.3 is 0 Å². The molecule has 4 rings (SSSR count). The minimum absolute atomic E-state index is 0.0985. The average Bonchev–Trinajstić information content (AvgIpc) is 3.01. The quantitative estimate of drug-likeness (QED) is 0.421. The van der Waals surface area contributed by atoms with Gasteiger partial charge in [0.25, 0.3) is 0 Å². The highest BCUT2D eigenvalue weighted by Crippen LogP contribution is 2.20. The van der Waals surface area contributed by atoms with Crippen molar-refractivity contribution in [2.75, 3.05) is 5.32 Å². The van der Waals surface area contributed by atoms with Crippen LogP contribution >= 0.6 is 27.5 Å². The second-order valence-corrected chi connectivity index (χ2v) is 7.82. The van der Waals surface area contributed by atoms with Crippen molar-refractivity contribution in [2.24, 2.45) is 0 Å². The Morgan fingerprint density at radius 2 is 1.82 bits per heavy atom. The lowest BCUT2D eigenvalue weighted by atomic mass is 10.1. The molecule has 0 aliphatic rings. The molecule has 0 aliphatic carbocycles. The summed E-state index contributed by atoms with van der Waals surface area (Å²) < 4.78 is 2.89. The first kappa shape index (κ1) is 18.7. The molecule has 1 amide bonds. The smallest absolute Gasteiger partial charge is 0.244 e. The summed E-state index contributed by atoms with van der Waals surface area (Å²) in [6, 6.07) is 23.1. The van der Waals surface area contributed by atoms with Crippen molar-refractivity contribution in [2.45, 2.75) is 13.0 Å². The molecule has 0 spiro atoms. The molecular formula is C22H17BrClN3O. The third-order valence-electron chi connectivity index (χ3n) is 4.42. The van der Waals surface area contributed by atoms with Crippen LogP contribution in [0.1, 0.15) is 11.4 Å². The van der Waals surface area contributed by atoms with Crippen molar-refractivity contribution in [3.05, 3.63) is 93.7 Å². The Morgan fingerprint density at radius 1 is 1.04 bits per heavy atom. The monoisotopic (exact) mass is 453 g/mol. The Balaban J connectivity index is 1.62. The molecule has 0 fully saturated rings. The highest BCUT2D eigenvalue weighted by atomic mass is 79.9. The Morgan fingerprint density at radius 3 is 2.61 bits per heavy atom. The van der Waals surface area contributed by atoms with Crippen molar-refractivity contribution in [1.29, 1.82) is 0 Å². The number of halogens is 2. The lowest BCUT2D eigenvalue weighted by Crippen LogP contribution is -2.20. The van der Waals surface area contributed by atoms with Gasteiger partial charge in [0, 0.05) is 21.6 Å². The van der Waals surface area contributed by atoms with Gasteiger partial charge in [-0.2, -0.15) is 0 Å². The van der Waals surface area contributed by atoms with Gasteiger partial charge in [0.1, 0.15) is 12.4 Å². The largest absolute Gasteiger partial charge is 0.324 e. The van der Waals surface area contributed by atoms with E-state index in [2.05, 4.69) is 21.2 Å². The van der Waals surface area contributed by atoms with E-state index in [1.807, 2.05) is 77.4 Å². The van der Waals surface area contributed by atoms with E-state index in [4.69, 9.17) is 16.6 Å². The van der Waals surface area contributed by atoms with Crippen LogP contribution in [0.15, 0.2) is 77.3 Å². The highest BCUT2D eigenvalue weighted by Gasteiger charge is 2.14. The number of nitrogens with zero attached hydrogens (tertiary/aromatic N) is 2. The van der Waals surface area contributed by atoms with E-state index < -0.39 is 0 Å². The first-order valence-corrected chi connectivity index (χ1v) is 9.99. The standard InChI is InChI=1S/C22H17BrClN3O/c23-16-4-3-5-18(13-16)25-22(28)14-27-20-7-2-1-6-19(20)26-21(27)12-15-8-10-17(24)11-9-15/h1-11,13H,12,14H2,(H,25,28). The van der Waals surface area contributed by atoms with Crippen LogP contribution in [-0.4, -0.2) is 15.5 Å². The summed E-state index contributed by atoms with van der Waals surface area (Å²) >= 11 is 9.41. The summed E-state index contributed by atoms with van der Waals surface area (Å²) in [7, 11) is 0. The third-order valence-corrected chi connectivity index (χ3v) is 5.16. The lowest BCUT2D eigenvalue weighted by molar-refractivity contribution is -0.116. The number of benzene rings is 3.